The summed E-state index contributed by atoms with van der Waals surface area (Å²) in [5.41, 5.74) is 3.07. The largest absolute Gasteiger partial charge is 0.497 e. The van der Waals surface area contributed by atoms with Crippen LogP contribution >= 0.6 is 11.3 Å². The average Bonchev–Trinajstić information content (AvgIpc) is 3.42. The first-order valence-corrected chi connectivity index (χ1v) is 11.2. The number of aromatic nitrogens is 5. The second-order valence-electron chi connectivity index (χ2n) is 7.64. The number of nitrogens with zero attached hydrogens (tertiary/aromatic N) is 5. The van der Waals surface area contributed by atoms with Crippen molar-refractivity contribution < 1.29 is 9.13 Å². The molecule has 0 bridgehead atoms. The van der Waals surface area contributed by atoms with Crippen molar-refractivity contribution in [2.24, 2.45) is 0 Å². The average molecular weight is 446 g/mol. The molecule has 8 heteroatoms. The maximum Gasteiger partial charge on any atom is 0.207 e. The van der Waals surface area contributed by atoms with Crippen molar-refractivity contribution in [2.45, 2.75) is 31.7 Å². The standard InChI is InChI=1S/C24H20FN5OS/c1-31-19-9-5-17(6-10-19)14-30-28-24(27-29-30)20-13-16(7-11-21(20)25)8-12-23-26-22(15-32-23)18-3-2-4-18/h5-7,9-11,13,15,18H,2-4,14H2,1H3. The zero-order valence-corrected chi connectivity index (χ0v) is 18.3. The molecule has 0 radical (unpaired) electrons. The van der Waals surface area contributed by atoms with E-state index in [2.05, 4.69) is 37.6 Å². The molecule has 1 aliphatic rings. The van der Waals surface area contributed by atoms with Crippen LogP contribution in [-0.2, 0) is 6.54 Å². The molecule has 32 heavy (non-hydrogen) atoms. The van der Waals surface area contributed by atoms with E-state index in [0.29, 0.717) is 18.0 Å². The van der Waals surface area contributed by atoms with Gasteiger partial charge in [-0.15, -0.1) is 21.5 Å². The summed E-state index contributed by atoms with van der Waals surface area (Å²) in [5.74, 6) is 7.35. The Kier molecular flexibility index (Phi) is 5.65. The number of halogens is 1. The maximum absolute atomic E-state index is 14.5. The van der Waals surface area contributed by atoms with Crippen LogP contribution in [0.5, 0.6) is 5.75 Å². The first-order valence-electron chi connectivity index (χ1n) is 10.4. The Hall–Kier alpha value is -3.57. The van der Waals surface area contributed by atoms with E-state index < -0.39 is 5.82 Å². The van der Waals surface area contributed by atoms with Crippen molar-refractivity contribution in [3.63, 3.8) is 0 Å². The minimum Gasteiger partial charge on any atom is -0.497 e. The Bertz CT molecular complexity index is 1300. The summed E-state index contributed by atoms with van der Waals surface area (Å²) >= 11 is 1.55. The highest BCUT2D eigenvalue weighted by atomic mass is 32.1. The molecule has 2 aromatic heterocycles. The van der Waals surface area contributed by atoms with Crippen LogP contribution in [0.2, 0.25) is 0 Å². The van der Waals surface area contributed by atoms with E-state index in [-0.39, 0.29) is 11.4 Å². The predicted molar refractivity (Wildman–Crippen MR) is 120 cm³/mol. The second kappa shape index (κ2) is 8.89. The SMILES string of the molecule is COc1ccc(Cn2nnc(-c3cc(C#Cc4nc(C5CCC5)cs4)ccc3F)n2)cc1. The van der Waals surface area contributed by atoms with Gasteiger partial charge < -0.3 is 4.74 Å². The molecule has 0 amide bonds. The van der Waals surface area contributed by atoms with Crippen LogP contribution in [0, 0.1) is 17.7 Å². The minimum absolute atomic E-state index is 0.223. The molecule has 5 rings (SSSR count). The summed E-state index contributed by atoms with van der Waals surface area (Å²) in [6.07, 6.45) is 3.70. The zero-order valence-electron chi connectivity index (χ0n) is 17.5. The molecule has 1 aliphatic carbocycles. The fraction of sp³-hybridized carbons (Fsp3) is 0.250. The third kappa shape index (κ3) is 4.39. The smallest absolute Gasteiger partial charge is 0.207 e. The van der Waals surface area contributed by atoms with E-state index in [1.165, 1.54) is 30.1 Å². The van der Waals surface area contributed by atoms with Crippen LogP contribution < -0.4 is 4.74 Å². The van der Waals surface area contributed by atoms with Crippen LogP contribution in [0.15, 0.2) is 47.8 Å². The molecule has 2 aromatic carbocycles. The van der Waals surface area contributed by atoms with Crippen molar-refractivity contribution >= 4 is 11.3 Å². The van der Waals surface area contributed by atoms with Gasteiger partial charge in [-0.2, -0.15) is 4.80 Å². The minimum atomic E-state index is -0.416. The summed E-state index contributed by atoms with van der Waals surface area (Å²) in [6, 6.07) is 12.3. The topological polar surface area (TPSA) is 65.7 Å². The molecule has 1 fully saturated rings. The lowest BCUT2D eigenvalue weighted by Crippen LogP contribution is -2.08. The molecule has 6 nitrogen and oxygen atoms in total. The van der Waals surface area contributed by atoms with Crippen LogP contribution in [-0.4, -0.2) is 32.3 Å². The van der Waals surface area contributed by atoms with Gasteiger partial charge in [0.25, 0.3) is 0 Å². The number of hydrogen-bond acceptors (Lipinski definition) is 6. The molecule has 2 heterocycles. The van der Waals surface area contributed by atoms with Crippen molar-refractivity contribution in [1.82, 2.24) is 25.2 Å². The van der Waals surface area contributed by atoms with Gasteiger partial charge in [0.15, 0.2) is 5.01 Å². The normalized spacial score (nSPS) is 13.3. The highest BCUT2D eigenvalue weighted by Crippen LogP contribution is 2.36. The fourth-order valence-electron chi connectivity index (χ4n) is 3.45. The first-order chi connectivity index (χ1) is 15.7. The van der Waals surface area contributed by atoms with Crippen LogP contribution in [0.1, 0.15) is 47.0 Å². The fourth-order valence-corrected chi connectivity index (χ4v) is 4.19. The monoisotopic (exact) mass is 445 g/mol. The molecule has 4 aromatic rings. The summed E-state index contributed by atoms with van der Waals surface area (Å²) in [6.45, 7) is 0.422. The zero-order chi connectivity index (χ0) is 21.9. The van der Waals surface area contributed by atoms with Crippen LogP contribution in [0.4, 0.5) is 4.39 Å². The van der Waals surface area contributed by atoms with Crippen molar-refractivity contribution in [2.75, 3.05) is 7.11 Å². The van der Waals surface area contributed by atoms with E-state index in [4.69, 9.17) is 4.74 Å². The maximum atomic E-state index is 14.5. The van der Waals surface area contributed by atoms with Gasteiger partial charge in [0.2, 0.25) is 5.82 Å². The number of benzene rings is 2. The Morgan fingerprint density at radius 3 is 2.75 bits per heavy atom. The molecule has 1 saturated carbocycles. The van der Waals surface area contributed by atoms with Crippen molar-refractivity contribution in [3.8, 4) is 29.0 Å². The Balaban J connectivity index is 1.33. The molecule has 0 N–H and O–H groups in total. The molecular formula is C24H20FN5OS. The van der Waals surface area contributed by atoms with Gasteiger partial charge in [-0.3, -0.25) is 0 Å². The lowest BCUT2D eigenvalue weighted by Gasteiger charge is -2.22. The molecular weight excluding hydrogens is 425 g/mol. The molecule has 0 aliphatic heterocycles. The Labute approximate surface area is 189 Å². The highest BCUT2D eigenvalue weighted by Gasteiger charge is 2.21. The summed E-state index contributed by atoms with van der Waals surface area (Å²) in [4.78, 5) is 6.06. The number of hydrogen-bond donors (Lipinski definition) is 0. The van der Waals surface area contributed by atoms with Crippen molar-refractivity contribution in [3.05, 3.63) is 75.5 Å². The van der Waals surface area contributed by atoms with Gasteiger partial charge in [0.1, 0.15) is 11.6 Å². The van der Waals surface area contributed by atoms with Crippen LogP contribution in [0.25, 0.3) is 11.4 Å². The van der Waals surface area contributed by atoms with Gasteiger partial charge in [-0.1, -0.05) is 24.5 Å². The lowest BCUT2D eigenvalue weighted by molar-refractivity contribution is 0.412. The van der Waals surface area contributed by atoms with E-state index in [1.54, 1.807) is 30.6 Å². The predicted octanol–water partition coefficient (Wildman–Crippen LogP) is 4.66. The van der Waals surface area contributed by atoms with E-state index in [9.17, 15) is 4.39 Å². The molecule has 0 atom stereocenters. The third-order valence-corrected chi connectivity index (χ3v) is 6.28. The number of thiazole rings is 1. The Morgan fingerprint density at radius 1 is 1.16 bits per heavy atom. The molecule has 0 spiro atoms. The number of methoxy groups -OCH3 is 1. The van der Waals surface area contributed by atoms with E-state index in [0.717, 1.165) is 22.0 Å². The van der Waals surface area contributed by atoms with E-state index in [1.807, 2.05) is 24.3 Å². The number of rotatable bonds is 5. The highest BCUT2D eigenvalue weighted by molar-refractivity contribution is 7.10. The van der Waals surface area contributed by atoms with Gasteiger partial charge >= 0.3 is 0 Å². The quantitative estimate of drug-likeness (QED) is 0.418. The summed E-state index contributed by atoms with van der Waals surface area (Å²) in [7, 11) is 1.62. The van der Waals surface area contributed by atoms with Gasteiger partial charge in [0.05, 0.1) is 24.9 Å². The second-order valence-corrected chi connectivity index (χ2v) is 8.50. The van der Waals surface area contributed by atoms with Gasteiger partial charge in [-0.25, -0.2) is 9.37 Å². The van der Waals surface area contributed by atoms with E-state index >= 15 is 0 Å². The molecule has 0 saturated heterocycles. The Morgan fingerprint density at radius 2 is 2.00 bits per heavy atom. The van der Waals surface area contributed by atoms with Gasteiger partial charge in [-0.05, 0) is 59.9 Å². The number of tetrazole rings is 1. The number of ether oxygens (including phenoxy) is 1. The summed E-state index contributed by atoms with van der Waals surface area (Å²) < 4.78 is 19.7. The lowest BCUT2D eigenvalue weighted by atomic mass is 9.83. The van der Waals surface area contributed by atoms with Gasteiger partial charge in [0, 0.05) is 16.9 Å². The first kappa shape index (κ1) is 20.3. The van der Waals surface area contributed by atoms with Crippen molar-refractivity contribution in [1.29, 1.82) is 0 Å². The molecule has 0 unspecified atom stereocenters. The summed E-state index contributed by atoms with van der Waals surface area (Å²) in [5, 5.41) is 15.3. The molecule has 160 valence electrons. The third-order valence-electron chi connectivity index (χ3n) is 5.50. The van der Waals surface area contributed by atoms with Crippen LogP contribution in [0.3, 0.4) is 0 Å².